The van der Waals surface area contributed by atoms with Gasteiger partial charge in [-0.3, -0.25) is 14.0 Å². The lowest BCUT2D eigenvalue weighted by Gasteiger charge is -2.28. The lowest BCUT2D eigenvalue weighted by Crippen LogP contribution is -2.32. The molecule has 0 aromatic heterocycles. The summed E-state index contributed by atoms with van der Waals surface area (Å²) in [6, 6.07) is 50.9. The minimum atomic E-state index is -3.52. The molecule has 0 unspecified atom stereocenters. The normalized spacial score (nSPS) is 12.0. The van der Waals surface area contributed by atoms with Crippen molar-refractivity contribution in [3.8, 4) is 12.1 Å². The number of hydrogen-bond donors (Lipinski definition) is 1. The third kappa shape index (κ3) is 18.4. The van der Waals surface area contributed by atoms with Crippen LogP contribution in [0.3, 0.4) is 0 Å². The number of aliphatic hydroxyl groups is 1. The highest BCUT2D eigenvalue weighted by Gasteiger charge is 2.21. The van der Waals surface area contributed by atoms with Gasteiger partial charge in [-0.15, -0.1) is 12.4 Å². The van der Waals surface area contributed by atoms with E-state index >= 15 is 0 Å². The summed E-state index contributed by atoms with van der Waals surface area (Å²) in [4.78, 5) is 4.43. The summed E-state index contributed by atoms with van der Waals surface area (Å²) < 4.78 is 28.0. The number of nitriles is 2. The number of aliphatic hydroxyl groups excluding tert-OH is 1. The van der Waals surface area contributed by atoms with Crippen LogP contribution < -0.4 is 0 Å². The van der Waals surface area contributed by atoms with E-state index in [1.807, 2.05) is 109 Å². The summed E-state index contributed by atoms with van der Waals surface area (Å²) >= 11 is 25.2. The Morgan fingerprint density at radius 2 is 1.00 bits per heavy atom. The molecule has 0 aliphatic heterocycles. The highest BCUT2D eigenvalue weighted by molar-refractivity contribution is 7.85. The average molecular weight is 993 g/mol. The second kappa shape index (κ2) is 27.2. The fourth-order valence-corrected chi connectivity index (χ4v) is 8.52. The molecule has 0 fully saturated rings. The monoisotopic (exact) mass is 990 g/mol. The lowest BCUT2D eigenvalue weighted by molar-refractivity contribution is 0.181. The fourth-order valence-electron chi connectivity index (χ4n) is 7.38. The van der Waals surface area contributed by atoms with Gasteiger partial charge in [0.2, 0.25) is 0 Å². The average Bonchev–Trinajstić information content (AvgIpc) is 3.28. The molecule has 0 amide bonds. The zero-order valence-electron chi connectivity index (χ0n) is 35.9. The molecule has 1 N–H and O–H groups in total. The molecule has 6 aromatic carbocycles. The van der Waals surface area contributed by atoms with Gasteiger partial charge in [0.1, 0.15) is 0 Å². The van der Waals surface area contributed by atoms with Crippen molar-refractivity contribution in [3.63, 3.8) is 0 Å². The van der Waals surface area contributed by atoms with Gasteiger partial charge in [-0.25, -0.2) is 0 Å². The van der Waals surface area contributed by atoms with Gasteiger partial charge >= 0.3 is 0 Å². The number of rotatable bonds is 20. The van der Waals surface area contributed by atoms with E-state index in [2.05, 4.69) is 34.1 Å². The largest absolute Gasteiger partial charge is 0.395 e. The first-order valence-electron chi connectivity index (χ1n) is 20.7. The van der Waals surface area contributed by atoms with Crippen molar-refractivity contribution in [2.24, 2.45) is 0 Å². The molecule has 0 radical (unpaired) electrons. The summed E-state index contributed by atoms with van der Waals surface area (Å²) in [6.07, 6.45) is 2.42. The predicted molar refractivity (Wildman–Crippen MR) is 267 cm³/mol. The minimum Gasteiger partial charge on any atom is -0.395 e. The standard InChI is InChI=1S/C26H26Cl2N2O3S.C25H24Cl2N2O.ClH/c1-34(31,32)33-14-13-30(18-20-5-3-2-4-6-20)19-24(22-9-11-25(27)12-10-22)16-23-8-7-21(17-29)15-26(23)28;26-24-10-8-21(9-11-24)23(15-22-7-6-20(16-28)14-25(22)27)18-29(12-13-30)17-19-4-2-1-3-5-19;/h2-12,15,24H,13-14,16,18-19H2,1H3;1-11,14,23,30H,12-13,15,17-18H2;1H/t24-;23-;/m00./s1. The van der Waals surface area contributed by atoms with Crippen LogP contribution >= 0.6 is 58.8 Å². The van der Waals surface area contributed by atoms with Crippen LogP contribution in [0.1, 0.15) is 56.3 Å². The molecule has 65 heavy (non-hydrogen) atoms. The second-order valence-corrected chi connectivity index (χ2v) is 18.8. The van der Waals surface area contributed by atoms with Crippen LogP contribution in [0, 0.1) is 22.7 Å². The van der Waals surface area contributed by atoms with E-state index in [1.165, 1.54) is 5.56 Å². The van der Waals surface area contributed by atoms with Crippen LogP contribution in [-0.2, 0) is 40.2 Å². The molecule has 2 atom stereocenters. The molecule has 14 heteroatoms. The van der Waals surface area contributed by atoms with Crippen molar-refractivity contribution < 1.29 is 17.7 Å². The Morgan fingerprint density at radius 1 is 0.600 bits per heavy atom. The SMILES string of the molecule is CS(=O)(=O)OCCN(Cc1ccccc1)C[C@H](Cc1ccc(C#N)cc1Cl)c1ccc(Cl)cc1.Cl.N#Cc1ccc(C[C@@H](CN(CCO)Cc2ccccc2)c2ccc(Cl)cc2)c(Cl)c1. The van der Waals surface area contributed by atoms with Gasteiger partial charge in [0.05, 0.1) is 42.7 Å². The summed E-state index contributed by atoms with van der Waals surface area (Å²) in [5, 5.41) is 30.4. The lowest BCUT2D eigenvalue weighted by atomic mass is 9.91. The molecule has 0 saturated carbocycles. The number of hydrogen-bond acceptors (Lipinski definition) is 8. The van der Waals surface area contributed by atoms with E-state index in [-0.39, 0.29) is 37.5 Å². The molecule has 0 heterocycles. The Kier molecular flexibility index (Phi) is 22.3. The van der Waals surface area contributed by atoms with Crippen LogP contribution in [0.5, 0.6) is 0 Å². The van der Waals surface area contributed by atoms with E-state index in [0.717, 1.165) is 53.6 Å². The Labute approximate surface area is 410 Å². The van der Waals surface area contributed by atoms with E-state index < -0.39 is 10.1 Å². The Morgan fingerprint density at radius 3 is 1.35 bits per heavy atom. The van der Waals surface area contributed by atoms with Crippen molar-refractivity contribution in [2.45, 2.75) is 37.8 Å². The number of benzene rings is 6. The van der Waals surface area contributed by atoms with E-state index in [4.69, 9.17) is 61.1 Å². The third-order valence-corrected chi connectivity index (χ3v) is 12.4. The Balaban J connectivity index is 0.000000282. The van der Waals surface area contributed by atoms with Gasteiger partial charge in [0, 0.05) is 71.2 Å². The first-order chi connectivity index (χ1) is 30.8. The Hall–Kier alpha value is -4.46. The van der Waals surface area contributed by atoms with Crippen molar-refractivity contribution in [1.82, 2.24) is 9.80 Å². The molecular weight excluding hydrogens is 942 g/mol. The molecule has 0 spiro atoms. The first kappa shape index (κ1) is 53.2. The third-order valence-electron chi connectivity index (χ3n) is 10.6. The molecule has 8 nitrogen and oxygen atoms in total. The summed E-state index contributed by atoms with van der Waals surface area (Å²) in [5.41, 5.74) is 7.58. The van der Waals surface area contributed by atoms with Crippen LogP contribution in [0.25, 0.3) is 0 Å². The molecular formula is C51H51Cl5N4O4S. The quantitative estimate of drug-likeness (QED) is 0.0752. The van der Waals surface area contributed by atoms with E-state index in [9.17, 15) is 13.5 Å². The zero-order chi connectivity index (χ0) is 45.9. The molecule has 0 aliphatic rings. The highest BCUT2D eigenvalue weighted by Crippen LogP contribution is 2.30. The fraction of sp³-hybridized carbons (Fsp3) is 0.255. The van der Waals surface area contributed by atoms with Crippen molar-refractivity contribution in [3.05, 3.63) is 210 Å². The van der Waals surface area contributed by atoms with E-state index in [0.29, 0.717) is 63.8 Å². The maximum Gasteiger partial charge on any atom is 0.264 e. The van der Waals surface area contributed by atoms with Gasteiger partial charge in [-0.05, 0) is 94.8 Å². The maximum atomic E-state index is 11.5. The maximum absolute atomic E-state index is 11.5. The molecule has 0 aliphatic carbocycles. The van der Waals surface area contributed by atoms with Gasteiger partial charge in [-0.1, -0.05) is 143 Å². The smallest absolute Gasteiger partial charge is 0.264 e. The van der Waals surface area contributed by atoms with Gasteiger partial charge < -0.3 is 5.11 Å². The molecule has 340 valence electrons. The highest BCUT2D eigenvalue weighted by atomic mass is 35.5. The van der Waals surface area contributed by atoms with Crippen molar-refractivity contribution >= 4 is 68.9 Å². The van der Waals surface area contributed by atoms with Crippen LogP contribution in [-0.4, -0.2) is 69.0 Å². The Bertz CT molecular complexity index is 2580. The van der Waals surface area contributed by atoms with Crippen LogP contribution in [0.4, 0.5) is 0 Å². The summed E-state index contributed by atoms with van der Waals surface area (Å²) in [7, 11) is -3.52. The van der Waals surface area contributed by atoms with Crippen molar-refractivity contribution in [2.75, 3.05) is 45.6 Å². The molecule has 6 aromatic rings. The topological polar surface area (TPSA) is 118 Å². The van der Waals surface area contributed by atoms with Gasteiger partial charge in [-0.2, -0.15) is 18.9 Å². The second-order valence-electron chi connectivity index (χ2n) is 15.4. The van der Waals surface area contributed by atoms with Gasteiger partial charge in [0.25, 0.3) is 10.1 Å². The molecule has 0 bridgehead atoms. The zero-order valence-corrected chi connectivity index (χ0v) is 40.5. The molecule has 6 rings (SSSR count). The van der Waals surface area contributed by atoms with Crippen LogP contribution in [0.2, 0.25) is 20.1 Å². The predicted octanol–water partition coefficient (Wildman–Crippen LogP) is 11.8. The minimum absolute atomic E-state index is 0. The summed E-state index contributed by atoms with van der Waals surface area (Å²) in [6.45, 7) is 3.97. The van der Waals surface area contributed by atoms with Gasteiger partial charge in [0.15, 0.2) is 0 Å². The van der Waals surface area contributed by atoms with Crippen molar-refractivity contribution in [1.29, 1.82) is 10.5 Å². The number of halogens is 5. The summed E-state index contributed by atoms with van der Waals surface area (Å²) in [5.74, 6) is 0.201. The first-order valence-corrected chi connectivity index (χ1v) is 24.0. The van der Waals surface area contributed by atoms with Crippen LogP contribution in [0.15, 0.2) is 146 Å². The molecule has 0 saturated heterocycles. The number of nitrogens with zero attached hydrogens (tertiary/aromatic N) is 4. The van der Waals surface area contributed by atoms with E-state index in [1.54, 1.807) is 24.3 Å².